The lowest BCUT2D eigenvalue weighted by Gasteiger charge is -2.36. The van der Waals surface area contributed by atoms with Gasteiger partial charge >= 0.3 is 12.1 Å². The molecule has 4 heterocycles. The average Bonchev–Trinajstić information content (AvgIpc) is 3.54. The summed E-state index contributed by atoms with van der Waals surface area (Å²) >= 11 is 0. The van der Waals surface area contributed by atoms with Crippen molar-refractivity contribution in [1.29, 1.82) is 0 Å². The van der Waals surface area contributed by atoms with Gasteiger partial charge in [0.2, 0.25) is 11.8 Å². The molecule has 1 amide bonds. The number of nitrogen functional groups attached to an aromatic ring is 1. The van der Waals surface area contributed by atoms with Gasteiger partial charge in [0.05, 0.1) is 47.8 Å². The third-order valence-electron chi connectivity index (χ3n) is 9.04. The van der Waals surface area contributed by atoms with Gasteiger partial charge in [-0.2, -0.15) is 5.10 Å². The lowest BCUT2D eigenvalue weighted by molar-refractivity contribution is 0.0139. The highest BCUT2D eigenvalue weighted by Gasteiger charge is 2.32. The normalized spacial score (nSPS) is 18.5. The third-order valence-corrected chi connectivity index (χ3v) is 9.04. The van der Waals surface area contributed by atoms with Crippen LogP contribution in [0.1, 0.15) is 55.2 Å². The molecule has 4 aromatic rings. The Morgan fingerprint density at radius 1 is 1.02 bits per heavy atom. The molecule has 1 aromatic carbocycles. The van der Waals surface area contributed by atoms with Crippen LogP contribution in [0.15, 0.2) is 36.5 Å². The predicted octanol–water partition coefficient (Wildman–Crippen LogP) is 4.67. The summed E-state index contributed by atoms with van der Waals surface area (Å²) in [5.74, 6) is 1.61. The van der Waals surface area contributed by atoms with Gasteiger partial charge in [-0.25, -0.2) is 19.3 Å². The van der Waals surface area contributed by atoms with Crippen LogP contribution in [0, 0.1) is 18.8 Å². The molecule has 48 heavy (non-hydrogen) atoms. The van der Waals surface area contributed by atoms with Gasteiger partial charge in [0.1, 0.15) is 5.60 Å². The van der Waals surface area contributed by atoms with Gasteiger partial charge in [0, 0.05) is 52.0 Å². The van der Waals surface area contributed by atoms with Crippen molar-refractivity contribution < 1.29 is 23.8 Å². The van der Waals surface area contributed by atoms with Gasteiger partial charge < -0.3 is 29.4 Å². The van der Waals surface area contributed by atoms with E-state index in [2.05, 4.69) is 42.7 Å². The summed E-state index contributed by atoms with van der Waals surface area (Å²) in [7, 11) is 3.20. The molecule has 0 spiro atoms. The number of benzene rings is 1. The summed E-state index contributed by atoms with van der Waals surface area (Å²) in [5, 5.41) is 4.40. The topological polar surface area (TPSA) is 143 Å². The molecule has 6 rings (SSSR count). The molecule has 2 aliphatic rings. The minimum Gasteiger partial charge on any atom is -0.477 e. The van der Waals surface area contributed by atoms with E-state index in [4.69, 9.17) is 19.9 Å². The number of carbonyl (C=O) groups is 2. The van der Waals surface area contributed by atoms with Gasteiger partial charge in [-0.15, -0.1) is 0 Å². The molecular weight excluding hydrogens is 612 g/mol. The number of imidazole rings is 1. The van der Waals surface area contributed by atoms with E-state index in [1.54, 1.807) is 27.9 Å². The highest BCUT2D eigenvalue weighted by molar-refractivity contribution is 5.91. The molecule has 1 saturated carbocycles. The number of fused-ring (bicyclic) bond motifs is 1. The van der Waals surface area contributed by atoms with Crippen molar-refractivity contribution in [1.82, 2.24) is 34.1 Å². The molecule has 13 nitrogen and oxygen atoms in total. The van der Waals surface area contributed by atoms with Crippen molar-refractivity contribution >= 4 is 29.0 Å². The molecule has 0 bridgehead atoms. The largest absolute Gasteiger partial charge is 0.477 e. The van der Waals surface area contributed by atoms with Crippen LogP contribution in [0.25, 0.3) is 22.3 Å². The molecule has 1 aliphatic heterocycles. The van der Waals surface area contributed by atoms with Crippen molar-refractivity contribution in [3.63, 3.8) is 0 Å². The van der Waals surface area contributed by atoms with E-state index in [9.17, 15) is 9.59 Å². The number of hydrogen-bond donors (Lipinski definition) is 1. The standard InChI is InChI=1S/C35H46N8O5/c1-22-13-26(32(44)46-6)17-29(38-22)27-18-37-40(5)31(27)47-21-25-14-24(15-25)20-43-30-16-23(7-8-28(30)39-33(43)36)19-41-9-11-42(12-10-41)34(45)48-35(2,3)4/h7-8,13,16-18,24-25H,9-12,14-15,19-21H2,1-6H3,(H2,36,39). The third kappa shape index (κ3) is 7.40. The Bertz CT molecular complexity index is 1790. The molecular formula is C35H46N8O5. The van der Waals surface area contributed by atoms with Gasteiger partial charge in [0.25, 0.3) is 0 Å². The second-order valence-electron chi connectivity index (χ2n) is 14.0. The fourth-order valence-corrected chi connectivity index (χ4v) is 6.58. The summed E-state index contributed by atoms with van der Waals surface area (Å²) in [6, 6.07) is 9.78. The number of amides is 1. The van der Waals surface area contributed by atoms with Crippen LogP contribution in [0.4, 0.5) is 10.7 Å². The quantitative estimate of drug-likeness (QED) is 0.252. The smallest absolute Gasteiger partial charge is 0.410 e. The number of aryl methyl sites for hydroxylation is 2. The molecule has 0 atom stereocenters. The van der Waals surface area contributed by atoms with Crippen molar-refractivity contribution in [2.45, 2.75) is 59.2 Å². The summed E-state index contributed by atoms with van der Waals surface area (Å²) < 4.78 is 20.6. The molecule has 0 radical (unpaired) electrons. The first-order valence-electron chi connectivity index (χ1n) is 16.5. The van der Waals surface area contributed by atoms with Crippen LogP contribution in [-0.4, -0.2) is 91.7 Å². The zero-order valence-corrected chi connectivity index (χ0v) is 28.7. The Hall–Kier alpha value is -4.65. The second kappa shape index (κ2) is 13.5. The van der Waals surface area contributed by atoms with E-state index in [0.717, 1.165) is 55.6 Å². The number of nitrogens with two attached hydrogens (primary N) is 1. The van der Waals surface area contributed by atoms with Crippen LogP contribution < -0.4 is 10.5 Å². The maximum atomic E-state index is 12.5. The first-order chi connectivity index (χ1) is 22.9. The summed E-state index contributed by atoms with van der Waals surface area (Å²) in [6.07, 6.45) is 3.50. The number of aromatic nitrogens is 5. The van der Waals surface area contributed by atoms with Crippen LogP contribution in [0.2, 0.25) is 0 Å². The van der Waals surface area contributed by atoms with E-state index in [1.165, 1.54) is 12.7 Å². The monoisotopic (exact) mass is 658 g/mol. The fraction of sp³-hybridized carbons (Fsp3) is 0.514. The van der Waals surface area contributed by atoms with Gasteiger partial charge in [-0.1, -0.05) is 6.07 Å². The zero-order valence-electron chi connectivity index (χ0n) is 28.7. The van der Waals surface area contributed by atoms with E-state index in [-0.39, 0.29) is 6.09 Å². The predicted molar refractivity (Wildman–Crippen MR) is 181 cm³/mol. The number of anilines is 1. The van der Waals surface area contributed by atoms with E-state index in [0.29, 0.717) is 60.3 Å². The number of piperazine rings is 1. The van der Waals surface area contributed by atoms with Crippen molar-refractivity contribution in [2.24, 2.45) is 18.9 Å². The molecule has 1 aliphatic carbocycles. The van der Waals surface area contributed by atoms with E-state index < -0.39 is 11.6 Å². The average molecular weight is 659 g/mol. The Morgan fingerprint density at radius 2 is 1.77 bits per heavy atom. The van der Waals surface area contributed by atoms with E-state index >= 15 is 0 Å². The summed E-state index contributed by atoms with van der Waals surface area (Å²) in [5.41, 5.74) is 11.6. The van der Waals surface area contributed by atoms with Crippen LogP contribution >= 0.6 is 0 Å². The Kier molecular flexibility index (Phi) is 9.33. The highest BCUT2D eigenvalue weighted by Crippen LogP contribution is 2.38. The van der Waals surface area contributed by atoms with Crippen molar-refractivity contribution in [3.8, 4) is 17.1 Å². The van der Waals surface area contributed by atoms with Crippen LogP contribution in [-0.2, 0) is 29.6 Å². The van der Waals surface area contributed by atoms with Crippen molar-refractivity contribution in [3.05, 3.63) is 53.3 Å². The lowest BCUT2D eigenvalue weighted by atomic mass is 9.75. The SMILES string of the molecule is COC(=O)c1cc(C)nc(-c2cnn(C)c2OCC2CC(Cn3c(N)nc4ccc(CN5CCN(C(=O)OC(C)(C)C)CC5)cc43)C2)c1. The minimum absolute atomic E-state index is 0.246. The van der Waals surface area contributed by atoms with E-state index in [1.807, 2.05) is 34.7 Å². The maximum Gasteiger partial charge on any atom is 0.410 e. The number of hydrogen-bond acceptors (Lipinski definition) is 10. The molecule has 256 valence electrons. The fourth-order valence-electron chi connectivity index (χ4n) is 6.58. The van der Waals surface area contributed by atoms with Crippen LogP contribution in [0.5, 0.6) is 5.88 Å². The minimum atomic E-state index is -0.494. The number of esters is 1. The second-order valence-corrected chi connectivity index (χ2v) is 14.0. The Labute approximate surface area is 281 Å². The Morgan fingerprint density at radius 3 is 2.48 bits per heavy atom. The lowest BCUT2D eigenvalue weighted by Crippen LogP contribution is -2.49. The molecule has 2 fully saturated rings. The van der Waals surface area contributed by atoms with Gasteiger partial charge in [0.15, 0.2) is 0 Å². The van der Waals surface area contributed by atoms with Crippen molar-refractivity contribution in [2.75, 3.05) is 45.6 Å². The molecule has 1 saturated heterocycles. The van der Waals surface area contributed by atoms with Gasteiger partial charge in [-0.3, -0.25) is 9.88 Å². The molecule has 3 aromatic heterocycles. The zero-order chi connectivity index (χ0) is 34.2. The molecule has 0 unspecified atom stereocenters. The molecule has 2 N–H and O–H groups in total. The first-order valence-corrected chi connectivity index (χ1v) is 16.5. The number of pyridine rings is 1. The number of carbonyl (C=O) groups excluding carboxylic acids is 2. The number of nitrogens with zero attached hydrogens (tertiary/aromatic N) is 7. The van der Waals surface area contributed by atoms with Crippen LogP contribution in [0.3, 0.4) is 0 Å². The van der Waals surface area contributed by atoms with Gasteiger partial charge in [-0.05, 0) is 82.2 Å². The highest BCUT2D eigenvalue weighted by atomic mass is 16.6. The number of rotatable bonds is 9. The Balaban J connectivity index is 1.04. The summed E-state index contributed by atoms with van der Waals surface area (Å²) in [6.45, 7) is 12.6. The summed E-state index contributed by atoms with van der Waals surface area (Å²) in [4.78, 5) is 38.0. The molecule has 13 heteroatoms. The maximum absolute atomic E-state index is 12.5. The number of ether oxygens (including phenoxy) is 3. The first kappa shape index (κ1) is 33.3. The number of methoxy groups -OCH3 is 1.